The average Bonchev–Trinajstić information content (AvgIpc) is 3.04. The van der Waals surface area contributed by atoms with E-state index in [-0.39, 0.29) is 17.3 Å². The molecule has 0 atom stereocenters. The summed E-state index contributed by atoms with van der Waals surface area (Å²) in [6, 6.07) is 6.98. The van der Waals surface area contributed by atoms with E-state index in [1.807, 2.05) is 0 Å². The van der Waals surface area contributed by atoms with Crippen molar-refractivity contribution < 1.29 is 4.79 Å². The second-order valence-corrected chi connectivity index (χ2v) is 6.43. The highest BCUT2D eigenvalue weighted by atomic mass is 16.2. The summed E-state index contributed by atoms with van der Waals surface area (Å²) in [5.74, 6) is -0.272. The molecule has 0 radical (unpaired) electrons. The Kier molecular flexibility index (Phi) is 3.83. The minimum Gasteiger partial charge on any atom is -0.333 e. The monoisotopic (exact) mass is 337 g/mol. The number of H-pyrrole nitrogens is 2. The summed E-state index contributed by atoms with van der Waals surface area (Å²) >= 11 is 0. The molecule has 1 amide bonds. The number of aromatic nitrogens is 4. The Bertz CT molecular complexity index is 1000. The zero-order valence-corrected chi connectivity index (χ0v) is 14.0. The third-order valence-corrected chi connectivity index (χ3v) is 4.69. The summed E-state index contributed by atoms with van der Waals surface area (Å²) in [7, 11) is 1.70. The number of para-hydroxylation sites is 1. The Morgan fingerprint density at radius 1 is 1.24 bits per heavy atom. The maximum absolute atomic E-state index is 12.7. The molecule has 25 heavy (non-hydrogen) atoms. The largest absolute Gasteiger partial charge is 0.333 e. The maximum Gasteiger partial charge on any atom is 0.289 e. The first kappa shape index (κ1) is 15.6. The fraction of sp³-hybridized carbons (Fsp3) is 0.333. The molecule has 7 heteroatoms. The van der Waals surface area contributed by atoms with Crippen LogP contribution in [-0.4, -0.2) is 38.0 Å². The number of aryl methyl sites for hydroxylation is 1. The minimum atomic E-state index is -0.324. The minimum absolute atomic E-state index is 0.0515. The second kappa shape index (κ2) is 6.16. The number of nitrogens with zero attached hydrogens (tertiary/aromatic N) is 3. The number of rotatable bonds is 3. The third-order valence-electron chi connectivity index (χ3n) is 4.69. The summed E-state index contributed by atoms with van der Waals surface area (Å²) < 4.78 is 0. The van der Waals surface area contributed by atoms with E-state index >= 15 is 0 Å². The van der Waals surface area contributed by atoms with Gasteiger partial charge in [0, 0.05) is 12.7 Å². The molecular formula is C18H19N5O2. The second-order valence-electron chi connectivity index (χ2n) is 6.43. The van der Waals surface area contributed by atoms with Gasteiger partial charge in [-0.15, -0.1) is 0 Å². The van der Waals surface area contributed by atoms with Crippen LogP contribution in [0, 0.1) is 0 Å². The van der Waals surface area contributed by atoms with Crippen molar-refractivity contribution in [3.63, 3.8) is 0 Å². The first-order valence-corrected chi connectivity index (χ1v) is 8.43. The lowest BCUT2D eigenvalue weighted by Gasteiger charge is -2.17. The lowest BCUT2D eigenvalue weighted by Crippen LogP contribution is -2.30. The molecule has 0 spiro atoms. The van der Waals surface area contributed by atoms with Crippen LogP contribution in [0.15, 0.2) is 29.1 Å². The molecule has 0 fully saturated rings. The van der Waals surface area contributed by atoms with E-state index in [1.165, 1.54) is 22.6 Å². The van der Waals surface area contributed by atoms with Crippen LogP contribution >= 0.6 is 0 Å². The molecule has 2 N–H and O–H groups in total. The predicted molar refractivity (Wildman–Crippen MR) is 93.4 cm³/mol. The molecule has 0 saturated heterocycles. The van der Waals surface area contributed by atoms with Crippen LogP contribution in [-0.2, 0) is 19.4 Å². The van der Waals surface area contributed by atoms with Gasteiger partial charge in [0.05, 0.1) is 23.1 Å². The molecule has 2 heterocycles. The van der Waals surface area contributed by atoms with Gasteiger partial charge in [-0.2, -0.15) is 5.10 Å². The van der Waals surface area contributed by atoms with Gasteiger partial charge >= 0.3 is 0 Å². The molecule has 1 aliphatic carbocycles. The number of hydrogen-bond donors (Lipinski definition) is 2. The van der Waals surface area contributed by atoms with E-state index in [0.717, 1.165) is 25.0 Å². The molecule has 128 valence electrons. The van der Waals surface area contributed by atoms with Crippen LogP contribution in [0.2, 0.25) is 0 Å². The van der Waals surface area contributed by atoms with Crippen molar-refractivity contribution in [2.75, 3.05) is 7.05 Å². The number of carbonyl (C=O) groups excluding carboxylic acids is 1. The molecule has 1 aromatic carbocycles. The van der Waals surface area contributed by atoms with Crippen molar-refractivity contribution in [3.05, 3.63) is 57.4 Å². The number of benzene rings is 1. The van der Waals surface area contributed by atoms with Gasteiger partial charge in [0.25, 0.3) is 11.5 Å². The predicted octanol–water partition coefficient (Wildman–Crippen LogP) is 1.80. The lowest BCUT2D eigenvalue weighted by atomic mass is 9.96. The summed E-state index contributed by atoms with van der Waals surface area (Å²) in [5.41, 5.74) is 3.51. The average molecular weight is 337 g/mol. The first-order chi connectivity index (χ1) is 12.1. The topological polar surface area (TPSA) is 94.7 Å². The number of carbonyl (C=O) groups is 1. The van der Waals surface area contributed by atoms with Crippen LogP contribution in [0.4, 0.5) is 0 Å². The molecule has 0 aliphatic heterocycles. The Morgan fingerprint density at radius 2 is 2.04 bits per heavy atom. The molecule has 1 aliphatic rings. The van der Waals surface area contributed by atoms with Gasteiger partial charge < -0.3 is 9.88 Å². The number of amides is 1. The summed E-state index contributed by atoms with van der Waals surface area (Å²) in [5, 5.41) is 7.93. The van der Waals surface area contributed by atoms with Gasteiger partial charge in [-0.05, 0) is 43.4 Å². The SMILES string of the molecule is CN(Cc1n[nH]c2c1CCCC2)C(=O)c1nc2ccccc2c(=O)[nH]1. The van der Waals surface area contributed by atoms with Crippen molar-refractivity contribution >= 4 is 16.8 Å². The van der Waals surface area contributed by atoms with E-state index in [2.05, 4.69) is 20.2 Å². The number of hydrogen-bond acceptors (Lipinski definition) is 4. The van der Waals surface area contributed by atoms with Crippen molar-refractivity contribution in [3.8, 4) is 0 Å². The van der Waals surface area contributed by atoms with Crippen LogP contribution in [0.25, 0.3) is 10.9 Å². The van der Waals surface area contributed by atoms with Gasteiger partial charge in [0.15, 0.2) is 5.82 Å². The third kappa shape index (κ3) is 2.82. The molecule has 0 bridgehead atoms. The van der Waals surface area contributed by atoms with E-state index < -0.39 is 0 Å². The van der Waals surface area contributed by atoms with Crippen molar-refractivity contribution in [2.24, 2.45) is 0 Å². The zero-order chi connectivity index (χ0) is 17.4. The normalized spacial score (nSPS) is 13.6. The zero-order valence-electron chi connectivity index (χ0n) is 14.0. The molecule has 0 saturated carbocycles. The smallest absolute Gasteiger partial charge is 0.289 e. The van der Waals surface area contributed by atoms with Gasteiger partial charge in [-0.3, -0.25) is 14.7 Å². The Morgan fingerprint density at radius 3 is 2.92 bits per heavy atom. The van der Waals surface area contributed by atoms with Gasteiger partial charge in [0.2, 0.25) is 0 Å². The van der Waals surface area contributed by atoms with Crippen LogP contribution in [0.5, 0.6) is 0 Å². The number of nitrogens with one attached hydrogen (secondary N) is 2. The maximum atomic E-state index is 12.7. The van der Waals surface area contributed by atoms with Gasteiger partial charge in [-0.25, -0.2) is 4.98 Å². The van der Waals surface area contributed by atoms with Crippen molar-refractivity contribution in [1.29, 1.82) is 0 Å². The Hall–Kier alpha value is -2.96. The van der Waals surface area contributed by atoms with E-state index in [1.54, 1.807) is 31.3 Å². The molecule has 7 nitrogen and oxygen atoms in total. The van der Waals surface area contributed by atoms with Crippen LogP contribution < -0.4 is 5.56 Å². The highest BCUT2D eigenvalue weighted by Gasteiger charge is 2.21. The Labute approximate surface area is 144 Å². The fourth-order valence-electron chi connectivity index (χ4n) is 3.35. The molecule has 0 unspecified atom stereocenters. The molecule has 3 aromatic rings. The van der Waals surface area contributed by atoms with Crippen LogP contribution in [0.1, 0.15) is 40.4 Å². The van der Waals surface area contributed by atoms with Crippen molar-refractivity contribution in [2.45, 2.75) is 32.2 Å². The van der Waals surface area contributed by atoms with E-state index in [9.17, 15) is 9.59 Å². The number of aromatic amines is 2. The molecule has 4 rings (SSSR count). The van der Waals surface area contributed by atoms with Crippen molar-refractivity contribution in [1.82, 2.24) is 25.1 Å². The highest BCUT2D eigenvalue weighted by molar-refractivity contribution is 5.92. The first-order valence-electron chi connectivity index (χ1n) is 8.43. The van der Waals surface area contributed by atoms with E-state index in [0.29, 0.717) is 17.4 Å². The molecule has 2 aromatic heterocycles. The van der Waals surface area contributed by atoms with Crippen LogP contribution in [0.3, 0.4) is 0 Å². The highest BCUT2D eigenvalue weighted by Crippen LogP contribution is 2.23. The standard InChI is InChI=1S/C18H19N5O2/c1-23(10-15-11-6-2-5-9-14(11)21-22-15)18(25)16-19-13-8-4-3-7-12(13)17(24)20-16/h3-4,7-8H,2,5-6,9-10H2,1H3,(H,21,22)(H,19,20,24). The van der Waals surface area contributed by atoms with Gasteiger partial charge in [0.1, 0.15) is 0 Å². The molecular weight excluding hydrogens is 318 g/mol. The lowest BCUT2D eigenvalue weighted by molar-refractivity contribution is 0.0771. The summed E-state index contributed by atoms with van der Waals surface area (Å²) in [6.45, 7) is 0.390. The summed E-state index contributed by atoms with van der Waals surface area (Å²) in [6.07, 6.45) is 4.33. The summed E-state index contributed by atoms with van der Waals surface area (Å²) in [4.78, 5) is 33.3. The quantitative estimate of drug-likeness (QED) is 0.762. The number of fused-ring (bicyclic) bond motifs is 2. The van der Waals surface area contributed by atoms with E-state index in [4.69, 9.17) is 0 Å². The fourth-order valence-corrected chi connectivity index (χ4v) is 3.35. The Balaban J connectivity index is 1.60. The van der Waals surface area contributed by atoms with Gasteiger partial charge in [-0.1, -0.05) is 12.1 Å².